The van der Waals surface area contributed by atoms with Gasteiger partial charge in [0.2, 0.25) is 0 Å². The molecule has 1 unspecified atom stereocenters. The SMILES string of the molecule is CCOCC(CCn1c(=O)ccc2ccc(N)cc21)OC(C)=O. The van der Waals surface area contributed by atoms with Crippen LogP contribution in [0.15, 0.2) is 35.1 Å². The van der Waals surface area contributed by atoms with Crippen LogP contribution in [0.25, 0.3) is 10.9 Å². The minimum atomic E-state index is -0.379. The molecule has 2 aromatic rings. The molecule has 0 saturated heterocycles. The molecule has 0 aliphatic heterocycles. The van der Waals surface area contributed by atoms with Gasteiger partial charge in [0, 0.05) is 38.2 Å². The third-order valence-electron chi connectivity index (χ3n) is 3.53. The summed E-state index contributed by atoms with van der Waals surface area (Å²) < 4.78 is 12.2. The summed E-state index contributed by atoms with van der Waals surface area (Å²) in [6, 6.07) is 8.76. The van der Waals surface area contributed by atoms with Gasteiger partial charge in [-0.05, 0) is 30.5 Å². The first-order valence-electron chi connectivity index (χ1n) is 7.65. The van der Waals surface area contributed by atoms with Crippen molar-refractivity contribution in [3.05, 3.63) is 40.7 Å². The average molecular weight is 318 g/mol. The molecule has 0 saturated carbocycles. The van der Waals surface area contributed by atoms with Crippen molar-refractivity contribution in [2.24, 2.45) is 0 Å². The van der Waals surface area contributed by atoms with Crippen LogP contribution in [0.3, 0.4) is 0 Å². The van der Waals surface area contributed by atoms with Gasteiger partial charge in [-0.1, -0.05) is 6.07 Å². The molecule has 6 nitrogen and oxygen atoms in total. The molecule has 0 amide bonds. The summed E-state index contributed by atoms with van der Waals surface area (Å²) >= 11 is 0. The summed E-state index contributed by atoms with van der Waals surface area (Å²) in [4.78, 5) is 23.4. The number of esters is 1. The molecule has 0 radical (unpaired) electrons. The molecule has 6 heteroatoms. The zero-order valence-electron chi connectivity index (χ0n) is 13.5. The van der Waals surface area contributed by atoms with Crippen molar-refractivity contribution in [2.75, 3.05) is 18.9 Å². The average Bonchev–Trinajstić information content (AvgIpc) is 2.50. The first-order valence-corrected chi connectivity index (χ1v) is 7.65. The van der Waals surface area contributed by atoms with Crippen LogP contribution in [0.2, 0.25) is 0 Å². The lowest BCUT2D eigenvalue weighted by atomic mass is 10.2. The molecular weight excluding hydrogens is 296 g/mol. The van der Waals surface area contributed by atoms with E-state index in [1.165, 1.54) is 13.0 Å². The van der Waals surface area contributed by atoms with E-state index in [1.54, 1.807) is 22.8 Å². The van der Waals surface area contributed by atoms with Crippen LogP contribution in [0.4, 0.5) is 5.69 Å². The third-order valence-corrected chi connectivity index (χ3v) is 3.53. The smallest absolute Gasteiger partial charge is 0.302 e. The Kier molecular flexibility index (Phi) is 5.76. The highest BCUT2D eigenvalue weighted by molar-refractivity contribution is 5.82. The summed E-state index contributed by atoms with van der Waals surface area (Å²) in [5, 5.41) is 0.938. The fraction of sp³-hybridized carbons (Fsp3) is 0.412. The van der Waals surface area contributed by atoms with E-state index in [9.17, 15) is 9.59 Å². The maximum absolute atomic E-state index is 12.2. The number of hydrogen-bond acceptors (Lipinski definition) is 5. The molecule has 0 aliphatic carbocycles. The molecule has 1 atom stereocenters. The van der Waals surface area contributed by atoms with E-state index in [0.717, 1.165) is 10.9 Å². The summed E-state index contributed by atoms with van der Waals surface area (Å²) in [6.07, 6.45) is 0.114. The lowest BCUT2D eigenvalue weighted by molar-refractivity contribution is -0.149. The molecule has 0 fully saturated rings. The van der Waals surface area contributed by atoms with Gasteiger partial charge in [0.25, 0.3) is 5.56 Å². The van der Waals surface area contributed by atoms with Gasteiger partial charge in [-0.3, -0.25) is 9.59 Å². The second kappa shape index (κ2) is 7.78. The number of aromatic nitrogens is 1. The highest BCUT2D eigenvalue weighted by Gasteiger charge is 2.14. The lowest BCUT2D eigenvalue weighted by Crippen LogP contribution is -2.27. The molecule has 0 bridgehead atoms. The number of aryl methyl sites for hydroxylation is 1. The van der Waals surface area contributed by atoms with Crippen molar-refractivity contribution in [2.45, 2.75) is 32.9 Å². The largest absolute Gasteiger partial charge is 0.460 e. The van der Waals surface area contributed by atoms with Gasteiger partial charge in [0.15, 0.2) is 0 Å². The molecular formula is C17H22N2O4. The number of ether oxygens (including phenoxy) is 2. The van der Waals surface area contributed by atoms with E-state index >= 15 is 0 Å². The molecule has 0 spiro atoms. The quantitative estimate of drug-likeness (QED) is 0.623. The Bertz CT molecular complexity index is 739. The van der Waals surface area contributed by atoms with Gasteiger partial charge < -0.3 is 19.8 Å². The van der Waals surface area contributed by atoms with Gasteiger partial charge in [0.1, 0.15) is 6.10 Å². The van der Waals surface area contributed by atoms with Crippen molar-refractivity contribution in [3.63, 3.8) is 0 Å². The maximum atomic E-state index is 12.2. The number of hydrogen-bond donors (Lipinski definition) is 1. The Balaban J connectivity index is 2.22. The Labute approximate surface area is 134 Å². The monoisotopic (exact) mass is 318 g/mol. The van der Waals surface area contributed by atoms with E-state index < -0.39 is 0 Å². The Morgan fingerprint density at radius 1 is 1.30 bits per heavy atom. The van der Waals surface area contributed by atoms with E-state index in [2.05, 4.69) is 0 Å². The number of benzene rings is 1. The minimum Gasteiger partial charge on any atom is -0.460 e. The molecule has 124 valence electrons. The molecule has 23 heavy (non-hydrogen) atoms. The predicted molar refractivity (Wildman–Crippen MR) is 89.3 cm³/mol. The molecule has 1 heterocycles. The maximum Gasteiger partial charge on any atom is 0.302 e. The first kappa shape index (κ1) is 17.0. The number of fused-ring (bicyclic) bond motifs is 1. The van der Waals surface area contributed by atoms with Crippen LogP contribution in [0.5, 0.6) is 0 Å². The summed E-state index contributed by atoms with van der Waals surface area (Å²) in [5.74, 6) is -0.357. The molecule has 1 aromatic heterocycles. The number of carbonyl (C=O) groups excluding carboxylic acids is 1. The van der Waals surface area contributed by atoms with E-state index in [4.69, 9.17) is 15.2 Å². The highest BCUT2D eigenvalue weighted by atomic mass is 16.6. The molecule has 1 aromatic carbocycles. The van der Waals surface area contributed by atoms with Gasteiger partial charge >= 0.3 is 5.97 Å². The minimum absolute atomic E-state index is 0.110. The fourth-order valence-electron chi connectivity index (χ4n) is 2.47. The predicted octanol–water partition coefficient (Wildman–Crippen LogP) is 1.94. The Hall–Kier alpha value is -2.34. The van der Waals surface area contributed by atoms with Gasteiger partial charge in [-0.25, -0.2) is 0 Å². The third kappa shape index (κ3) is 4.56. The van der Waals surface area contributed by atoms with Gasteiger partial charge in [0.05, 0.1) is 12.1 Å². The Morgan fingerprint density at radius 2 is 2.04 bits per heavy atom. The number of nitrogens with two attached hydrogens (primary N) is 1. The summed E-state index contributed by atoms with van der Waals surface area (Å²) in [6.45, 7) is 4.53. The lowest BCUT2D eigenvalue weighted by Gasteiger charge is -2.18. The van der Waals surface area contributed by atoms with Crippen LogP contribution >= 0.6 is 0 Å². The number of nitrogens with zero attached hydrogens (tertiary/aromatic N) is 1. The van der Waals surface area contributed by atoms with Gasteiger partial charge in [-0.15, -0.1) is 0 Å². The summed E-state index contributed by atoms with van der Waals surface area (Å²) in [5.41, 5.74) is 7.09. The van der Waals surface area contributed by atoms with Crippen molar-refractivity contribution in [1.82, 2.24) is 4.57 Å². The topological polar surface area (TPSA) is 83.6 Å². The second-order valence-corrected chi connectivity index (χ2v) is 5.32. The molecule has 0 aliphatic rings. The first-order chi connectivity index (χ1) is 11.0. The fourth-order valence-corrected chi connectivity index (χ4v) is 2.47. The van der Waals surface area contributed by atoms with Crippen molar-refractivity contribution < 1.29 is 14.3 Å². The number of anilines is 1. The zero-order chi connectivity index (χ0) is 16.8. The molecule has 2 N–H and O–H groups in total. The normalized spacial score (nSPS) is 12.3. The summed E-state index contributed by atoms with van der Waals surface area (Å²) in [7, 11) is 0. The van der Waals surface area contributed by atoms with Gasteiger partial charge in [-0.2, -0.15) is 0 Å². The van der Waals surface area contributed by atoms with E-state index in [-0.39, 0.29) is 17.6 Å². The van der Waals surface area contributed by atoms with Crippen molar-refractivity contribution >= 4 is 22.6 Å². The van der Waals surface area contributed by atoms with Crippen LogP contribution in [0, 0.1) is 0 Å². The number of rotatable bonds is 7. The van der Waals surface area contributed by atoms with E-state index in [1.807, 2.05) is 13.0 Å². The van der Waals surface area contributed by atoms with Crippen molar-refractivity contribution in [1.29, 1.82) is 0 Å². The molecule has 2 rings (SSSR count). The van der Waals surface area contributed by atoms with Crippen molar-refractivity contribution in [3.8, 4) is 0 Å². The standard InChI is InChI=1S/C17H22N2O4/c1-3-22-11-15(23-12(2)20)8-9-19-16-10-14(18)6-4-13(16)5-7-17(19)21/h4-7,10,15H,3,8-9,11,18H2,1-2H3. The number of nitrogen functional groups attached to an aromatic ring is 1. The highest BCUT2D eigenvalue weighted by Crippen LogP contribution is 2.16. The second-order valence-electron chi connectivity index (χ2n) is 5.32. The van der Waals surface area contributed by atoms with Crippen LogP contribution in [0.1, 0.15) is 20.3 Å². The number of carbonyl (C=O) groups is 1. The van der Waals surface area contributed by atoms with E-state index in [0.29, 0.717) is 31.9 Å². The number of pyridine rings is 1. The Morgan fingerprint density at radius 3 is 2.74 bits per heavy atom. The van der Waals surface area contributed by atoms with Crippen LogP contribution in [-0.2, 0) is 20.8 Å². The van der Waals surface area contributed by atoms with Crippen LogP contribution < -0.4 is 11.3 Å². The zero-order valence-corrected chi connectivity index (χ0v) is 13.5. The van der Waals surface area contributed by atoms with Crippen LogP contribution in [-0.4, -0.2) is 29.9 Å².